The number of benzene rings is 2. The van der Waals surface area contributed by atoms with E-state index in [1.54, 1.807) is 0 Å². The number of para-hydroxylation sites is 1. The van der Waals surface area contributed by atoms with E-state index in [2.05, 4.69) is 12.2 Å². The van der Waals surface area contributed by atoms with Crippen LogP contribution in [0.15, 0.2) is 54.6 Å². The highest BCUT2D eigenvalue weighted by Gasteiger charge is 2.30. The van der Waals surface area contributed by atoms with E-state index in [9.17, 15) is 14.7 Å². The van der Waals surface area contributed by atoms with Crippen LogP contribution in [-0.2, 0) is 9.59 Å². The number of carbonyl (C=O) groups is 2. The van der Waals surface area contributed by atoms with Gasteiger partial charge in [-0.2, -0.15) is 0 Å². The number of hydrogen-bond donors (Lipinski definition) is 2. The average molecular weight is 338 g/mol. The summed E-state index contributed by atoms with van der Waals surface area (Å²) in [5, 5.41) is 12.2. The molecule has 0 saturated heterocycles. The Bertz CT molecular complexity index is 761. The van der Waals surface area contributed by atoms with E-state index in [1.807, 2.05) is 54.6 Å². The number of carbonyl (C=O) groups excluding carboxylic acids is 2. The molecule has 25 heavy (non-hydrogen) atoms. The van der Waals surface area contributed by atoms with Crippen LogP contribution >= 0.6 is 0 Å². The molecule has 2 aromatic rings. The molecular weight excluding hydrogens is 316 g/mol. The molecule has 0 fully saturated rings. The summed E-state index contributed by atoms with van der Waals surface area (Å²) in [5.41, 5.74) is 2.64. The van der Waals surface area contributed by atoms with Gasteiger partial charge in [0.2, 0.25) is 0 Å². The smallest absolute Gasteiger partial charge is 0.316 e. The van der Waals surface area contributed by atoms with Gasteiger partial charge in [-0.1, -0.05) is 55.5 Å². The van der Waals surface area contributed by atoms with Crippen LogP contribution in [0, 0.1) is 0 Å². The third-order valence-electron chi connectivity index (χ3n) is 4.67. The van der Waals surface area contributed by atoms with Crippen LogP contribution in [0.5, 0.6) is 0 Å². The molecule has 0 spiro atoms. The molecule has 1 heterocycles. The highest BCUT2D eigenvalue weighted by molar-refractivity contribution is 6.40. The Labute approximate surface area is 147 Å². The first-order valence-corrected chi connectivity index (χ1v) is 8.49. The van der Waals surface area contributed by atoms with Crippen LogP contribution in [-0.4, -0.2) is 30.1 Å². The number of fused-ring (bicyclic) bond motifs is 1. The van der Waals surface area contributed by atoms with Crippen molar-refractivity contribution in [2.45, 2.75) is 25.3 Å². The van der Waals surface area contributed by atoms with Gasteiger partial charge in [0.15, 0.2) is 0 Å². The van der Waals surface area contributed by atoms with Crippen molar-refractivity contribution in [3.63, 3.8) is 0 Å². The van der Waals surface area contributed by atoms with Crippen molar-refractivity contribution in [1.29, 1.82) is 0 Å². The van der Waals surface area contributed by atoms with Crippen molar-refractivity contribution in [3.8, 4) is 0 Å². The highest BCUT2D eigenvalue weighted by atomic mass is 16.3. The van der Waals surface area contributed by atoms with E-state index >= 15 is 0 Å². The molecule has 2 amide bonds. The molecule has 1 aliphatic rings. The van der Waals surface area contributed by atoms with Gasteiger partial charge >= 0.3 is 11.8 Å². The fourth-order valence-corrected chi connectivity index (χ4v) is 3.22. The molecule has 130 valence electrons. The molecule has 0 bridgehead atoms. The van der Waals surface area contributed by atoms with Crippen LogP contribution in [0.2, 0.25) is 0 Å². The number of nitrogens with zero attached hydrogens (tertiary/aromatic N) is 1. The third kappa shape index (κ3) is 3.56. The van der Waals surface area contributed by atoms with Gasteiger partial charge in [0.1, 0.15) is 0 Å². The maximum Gasteiger partial charge on any atom is 0.316 e. The van der Waals surface area contributed by atoms with Crippen molar-refractivity contribution in [2.24, 2.45) is 0 Å². The van der Waals surface area contributed by atoms with E-state index in [1.165, 1.54) is 4.90 Å². The minimum absolute atomic E-state index is 0.267. The summed E-state index contributed by atoms with van der Waals surface area (Å²) >= 11 is 0. The molecule has 1 aliphatic heterocycles. The first-order valence-electron chi connectivity index (χ1n) is 8.49. The van der Waals surface area contributed by atoms with E-state index in [0.29, 0.717) is 12.5 Å². The van der Waals surface area contributed by atoms with Crippen molar-refractivity contribution in [1.82, 2.24) is 5.32 Å². The zero-order valence-corrected chi connectivity index (χ0v) is 14.2. The zero-order chi connectivity index (χ0) is 17.8. The molecule has 0 aliphatic carbocycles. The lowest BCUT2D eigenvalue weighted by molar-refractivity contribution is -0.138. The Morgan fingerprint density at radius 1 is 1.16 bits per heavy atom. The van der Waals surface area contributed by atoms with Gasteiger partial charge in [-0.05, 0) is 29.5 Å². The summed E-state index contributed by atoms with van der Waals surface area (Å²) in [5.74, 6) is -0.932. The number of anilines is 1. The molecular formula is C20H22N2O3. The van der Waals surface area contributed by atoms with E-state index < -0.39 is 17.9 Å². The van der Waals surface area contributed by atoms with E-state index in [4.69, 9.17) is 0 Å². The predicted molar refractivity (Wildman–Crippen MR) is 96.2 cm³/mol. The Morgan fingerprint density at radius 3 is 2.56 bits per heavy atom. The number of hydrogen-bond acceptors (Lipinski definition) is 3. The van der Waals surface area contributed by atoms with Gasteiger partial charge in [0.25, 0.3) is 0 Å². The lowest BCUT2D eigenvalue weighted by Gasteiger charge is -2.32. The van der Waals surface area contributed by atoms with E-state index in [-0.39, 0.29) is 6.61 Å². The minimum atomic E-state index is -0.702. The van der Waals surface area contributed by atoms with Crippen molar-refractivity contribution in [2.75, 3.05) is 18.1 Å². The molecule has 2 unspecified atom stereocenters. The second-order valence-corrected chi connectivity index (χ2v) is 6.32. The molecule has 0 saturated carbocycles. The first-order chi connectivity index (χ1) is 12.1. The monoisotopic (exact) mass is 338 g/mol. The van der Waals surface area contributed by atoms with Crippen molar-refractivity contribution >= 4 is 17.5 Å². The summed E-state index contributed by atoms with van der Waals surface area (Å²) in [4.78, 5) is 26.7. The van der Waals surface area contributed by atoms with Crippen LogP contribution in [0.25, 0.3) is 0 Å². The van der Waals surface area contributed by atoms with Crippen molar-refractivity contribution < 1.29 is 14.7 Å². The average Bonchev–Trinajstić information content (AvgIpc) is 2.66. The zero-order valence-electron chi connectivity index (χ0n) is 14.2. The summed E-state index contributed by atoms with van der Waals surface area (Å²) in [6, 6.07) is 16.2. The molecule has 0 aromatic heterocycles. The first kappa shape index (κ1) is 17.2. The quantitative estimate of drug-likeness (QED) is 0.844. The van der Waals surface area contributed by atoms with Crippen molar-refractivity contribution in [3.05, 3.63) is 65.7 Å². The number of amides is 2. The van der Waals surface area contributed by atoms with Crippen LogP contribution in [0.1, 0.15) is 36.4 Å². The standard InChI is InChI=1S/C20H22N2O3/c1-14-11-12-22(18-10-6-5-9-16(14)18)20(25)19(24)21-17(13-23)15-7-3-2-4-8-15/h2-10,14,17,23H,11-13H2,1H3,(H,21,24). The normalized spacial score (nSPS) is 17.5. The Kier molecular flexibility index (Phi) is 5.14. The predicted octanol–water partition coefficient (Wildman–Crippen LogP) is 2.38. The number of rotatable bonds is 3. The Hall–Kier alpha value is -2.66. The van der Waals surface area contributed by atoms with Crippen LogP contribution in [0.4, 0.5) is 5.69 Å². The van der Waals surface area contributed by atoms with Gasteiger partial charge < -0.3 is 15.3 Å². The van der Waals surface area contributed by atoms with Gasteiger partial charge in [-0.25, -0.2) is 0 Å². The summed E-state index contributed by atoms with van der Waals surface area (Å²) in [7, 11) is 0. The summed E-state index contributed by atoms with van der Waals surface area (Å²) in [6.45, 7) is 2.37. The third-order valence-corrected chi connectivity index (χ3v) is 4.67. The number of nitrogens with one attached hydrogen (secondary N) is 1. The lowest BCUT2D eigenvalue weighted by atomic mass is 9.91. The molecule has 5 nitrogen and oxygen atoms in total. The second kappa shape index (κ2) is 7.49. The molecule has 5 heteroatoms. The fraction of sp³-hybridized carbons (Fsp3) is 0.300. The number of aliphatic hydroxyl groups excluding tert-OH is 1. The van der Waals surface area contributed by atoms with Gasteiger partial charge in [-0.3, -0.25) is 9.59 Å². The summed E-state index contributed by atoms with van der Waals surface area (Å²) < 4.78 is 0. The lowest BCUT2D eigenvalue weighted by Crippen LogP contribution is -2.47. The van der Waals surface area contributed by atoms with E-state index in [0.717, 1.165) is 23.2 Å². The maximum absolute atomic E-state index is 12.7. The maximum atomic E-state index is 12.7. The molecule has 2 N–H and O–H groups in total. The molecule has 3 rings (SSSR count). The van der Waals surface area contributed by atoms with Crippen LogP contribution in [0.3, 0.4) is 0 Å². The minimum Gasteiger partial charge on any atom is -0.394 e. The van der Waals surface area contributed by atoms with Gasteiger partial charge in [-0.15, -0.1) is 0 Å². The Morgan fingerprint density at radius 2 is 1.84 bits per heavy atom. The number of aliphatic hydroxyl groups is 1. The topological polar surface area (TPSA) is 69.6 Å². The Balaban J connectivity index is 1.77. The summed E-state index contributed by atoms with van der Waals surface area (Å²) in [6.07, 6.45) is 0.818. The SMILES string of the molecule is CC1CCN(C(=O)C(=O)NC(CO)c2ccccc2)c2ccccc21. The molecule has 0 radical (unpaired) electrons. The largest absolute Gasteiger partial charge is 0.394 e. The van der Waals surface area contributed by atoms with Crippen LogP contribution < -0.4 is 10.2 Å². The molecule has 2 atom stereocenters. The van der Waals surface area contributed by atoms with Gasteiger partial charge in [0, 0.05) is 12.2 Å². The second-order valence-electron chi connectivity index (χ2n) is 6.32. The molecule has 2 aromatic carbocycles. The fourth-order valence-electron chi connectivity index (χ4n) is 3.22. The highest BCUT2D eigenvalue weighted by Crippen LogP contribution is 2.34. The van der Waals surface area contributed by atoms with Gasteiger partial charge in [0.05, 0.1) is 12.6 Å².